The molecule has 0 bridgehead atoms. The lowest BCUT2D eigenvalue weighted by molar-refractivity contribution is 0.417. The number of hydrogen-bond acceptors (Lipinski definition) is 2. The van der Waals surface area contributed by atoms with Crippen LogP contribution in [-0.4, -0.2) is 37.1 Å². The molecule has 1 fully saturated rings. The zero-order valence-electron chi connectivity index (χ0n) is 8.62. The summed E-state index contributed by atoms with van der Waals surface area (Å²) in [5.74, 6) is 2.61. The largest absolute Gasteiger partial charge is 0.372 e. The van der Waals surface area contributed by atoms with Gasteiger partial charge in [-0.15, -0.1) is 0 Å². The van der Waals surface area contributed by atoms with E-state index in [9.17, 15) is 0 Å². The Morgan fingerprint density at radius 3 is 2.62 bits per heavy atom. The maximum absolute atomic E-state index is 2.61. The van der Waals surface area contributed by atoms with E-state index < -0.39 is 6.46 Å². The van der Waals surface area contributed by atoms with Crippen molar-refractivity contribution in [2.45, 2.75) is 19.3 Å². The maximum atomic E-state index is 2.61. The van der Waals surface area contributed by atoms with E-state index in [4.69, 9.17) is 0 Å². The Kier molecular flexibility index (Phi) is 2.90. The molecule has 3 heteroatoms. The molecule has 0 spiro atoms. The topological polar surface area (TPSA) is 3.24 Å². The van der Waals surface area contributed by atoms with Gasteiger partial charge in [-0.1, -0.05) is 0 Å². The molecule has 0 saturated carbocycles. The van der Waals surface area contributed by atoms with Crippen molar-refractivity contribution in [3.8, 4) is 0 Å². The van der Waals surface area contributed by atoms with Crippen LogP contribution < -0.4 is 0 Å². The molecular formula is C10H19NPS+. The van der Waals surface area contributed by atoms with Crippen molar-refractivity contribution in [3.63, 3.8) is 0 Å². The van der Waals surface area contributed by atoms with E-state index in [0.717, 1.165) is 0 Å². The van der Waals surface area contributed by atoms with Crippen molar-refractivity contribution in [3.05, 3.63) is 11.5 Å². The third-order valence-corrected chi connectivity index (χ3v) is 9.32. The summed E-state index contributed by atoms with van der Waals surface area (Å²) in [5.41, 5.74) is 1.67. The molecule has 2 aliphatic rings. The predicted molar refractivity (Wildman–Crippen MR) is 64.7 cm³/mol. The summed E-state index contributed by atoms with van der Waals surface area (Å²) < 4.78 is 0. The molecular weight excluding hydrogens is 197 g/mol. The van der Waals surface area contributed by atoms with Crippen LogP contribution in [0.2, 0.25) is 0 Å². The van der Waals surface area contributed by atoms with Crippen molar-refractivity contribution >= 4 is 17.8 Å². The highest BCUT2D eigenvalue weighted by atomic mass is 32.7. The highest BCUT2D eigenvalue weighted by Gasteiger charge is 2.37. The van der Waals surface area contributed by atoms with Crippen LogP contribution in [0.1, 0.15) is 19.3 Å². The molecule has 0 radical (unpaired) electrons. The summed E-state index contributed by atoms with van der Waals surface area (Å²) >= 11 is 2.11. The van der Waals surface area contributed by atoms with E-state index >= 15 is 0 Å². The molecule has 0 aromatic rings. The van der Waals surface area contributed by atoms with Crippen LogP contribution in [0.25, 0.3) is 0 Å². The molecule has 0 aliphatic carbocycles. The minimum atomic E-state index is -0.697. The lowest BCUT2D eigenvalue weighted by Gasteiger charge is -2.16. The van der Waals surface area contributed by atoms with Gasteiger partial charge < -0.3 is 4.90 Å². The Bertz CT molecular complexity index is 223. The zero-order valence-corrected chi connectivity index (χ0v) is 10.3. The highest BCUT2D eigenvalue weighted by molar-refractivity contribution is 8.63. The molecule has 0 aromatic heterocycles. The minimum Gasteiger partial charge on any atom is -0.372 e. The van der Waals surface area contributed by atoms with E-state index in [1.54, 1.807) is 5.70 Å². The highest BCUT2D eigenvalue weighted by Crippen LogP contribution is 2.71. The Morgan fingerprint density at radius 1 is 1.38 bits per heavy atom. The molecule has 1 atom stereocenters. The Balaban J connectivity index is 2.04. The summed E-state index contributed by atoms with van der Waals surface area (Å²) in [4.78, 5) is 2.61. The van der Waals surface area contributed by atoms with Crippen molar-refractivity contribution in [2.75, 3.05) is 32.2 Å². The predicted octanol–water partition coefficient (Wildman–Crippen LogP) is 3.25. The summed E-state index contributed by atoms with van der Waals surface area (Å²) in [6.07, 6.45) is 7.89. The van der Waals surface area contributed by atoms with Gasteiger partial charge in [0.2, 0.25) is 0 Å². The van der Waals surface area contributed by atoms with Gasteiger partial charge in [-0.25, -0.2) is 0 Å². The second-order valence-electron chi connectivity index (χ2n) is 4.14. The van der Waals surface area contributed by atoms with E-state index in [2.05, 4.69) is 35.0 Å². The van der Waals surface area contributed by atoms with Gasteiger partial charge in [0, 0.05) is 37.1 Å². The molecule has 2 aliphatic heterocycles. The van der Waals surface area contributed by atoms with Gasteiger partial charge in [0.25, 0.3) is 0 Å². The van der Waals surface area contributed by atoms with Gasteiger partial charge in [0.1, 0.15) is 0 Å². The van der Waals surface area contributed by atoms with Gasteiger partial charge in [-0.05, 0) is 12.8 Å². The Labute approximate surface area is 86.0 Å². The molecule has 1 unspecified atom stereocenters. The fourth-order valence-electron chi connectivity index (χ4n) is 2.17. The fourth-order valence-corrected chi connectivity index (χ4v) is 5.68. The first-order valence-corrected chi connectivity index (χ1v) is 9.43. The smallest absolute Gasteiger partial charge is 0.0975 e. The summed E-state index contributed by atoms with van der Waals surface area (Å²) in [5, 5.41) is 0. The van der Waals surface area contributed by atoms with Gasteiger partial charge >= 0.3 is 0 Å². The van der Waals surface area contributed by atoms with Gasteiger partial charge in [-0.3, -0.25) is 0 Å². The molecule has 2 heterocycles. The number of likely N-dealkylation sites (tertiary alicyclic amines) is 1. The third kappa shape index (κ3) is 2.05. The number of hydrogen-bond donors (Lipinski definition) is 0. The minimum absolute atomic E-state index is 0.697. The third-order valence-electron chi connectivity index (χ3n) is 3.16. The number of rotatable bonds is 2. The van der Waals surface area contributed by atoms with Crippen molar-refractivity contribution < 1.29 is 0 Å². The van der Waals surface area contributed by atoms with Crippen LogP contribution in [0.4, 0.5) is 0 Å². The SMILES string of the molecule is CS[P+]1(C)C=C(N2CCCC2)CC1. The average Bonchev–Trinajstić information content (AvgIpc) is 2.73. The first-order valence-electron chi connectivity index (χ1n) is 5.11. The molecule has 0 amide bonds. The average molecular weight is 216 g/mol. The van der Waals surface area contributed by atoms with E-state index in [-0.39, 0.29) is 0 Å². The summed E-state index contributed by atoms with van der Waals surface area (Å²) in [6, 6.07) is 0. The fraction of sp³-hybridized carbons (Fsp3) is 0.800. The second kappa shape index (κ2) is 3.82. The molecule has 0 N–H and O–H groups in total. The van der Waals surface area contributed by atoms with Gasteiger partial charge in [-0.2, -0.15) is 0 Å². The van der Waals surface area contributed by atoms with Crippen LogP contribution in [-0.2, 0) is 0 Å². The van der Waals surface area contributed by atoms with Crippen LogP contribution in [0, 0.1) is 0 Å². The van der Waals surface area contributed by atoms with Crippen molar-refractivity contribution in [2.24, 2.45) is 0 Å². The molecule has 1 saturated heterocycles. The molecule has 74 valence electrons. The lowest BCUT2D eigenvalue weighted by Crippen LogP contribution is -2.17. The molecule has 13 heavy (non-hydrogen) atoms. The first-order chi connectivity index (χ1) is 6.23. The van der Waals surface area contributed by atoms with Gasteiger partial charge in [0.15, 0.2) is 0 Å². The number of allylic oxidation sites excluding steroid dienone is 1. The Hall–Kier alpha value is 0.320. The van der Waals surface area contributed by atoms with Crippen molar-refractivity contribution in [1.29, 1.82) is 0 Å². The number of nitrogens with zero attached hydrogens (tertiary/aromatic N) is 1. The molecule has 0 aromatic carbocycles. The van der Waals surface area contributed by atoms with E-state index in [1.807, 2.05) is 0 Å². The summed E-state index contributed by atoms with van der Waals surface area (Å²) in [6.45, 7) is 4.42. The summed E-state index contributed by atoms with van der Waals surface area (Å²) in [7, 11) is 0. The maximum Gasteiger partial charge on any atom is 0.0975 e. The monoisotopic (exact) mass is 216 g/mol. The quantitative estimate of drug-likeness (QED) is 0.652. The second-order valence-corrected chi connectivity index (χ2v) is 11.2. The first kappa shape index (κ1) is 9.86. The van der Waals surface area contributed by atoms with E-state index in [1.165, 1.54) is 38.5 Å². The normalized spacial score (nSPS) is 34.0. The molecule has 2 rings (SSSR count). The lowest BCUT2D eigenvalue weighted by atomic mass is 10.3. The van der Waals surface area contributed by atoms with E-state index in [0.29, 0.717) is 0 Å². The van der Waals surface area contributed by atoms with Crippen LogP contribution in [0.3, 0.4) is 0 Å². The van der Waals surface area contributed by atoms with Gasteiger partial charge in [0.05, 0.1) is 30.8 Å². The van der Waals surface area contributed by atoms with Crippen molar-refractivity contribution in [1.82, 2.24) is 4.90 Å². The van der Waals surface area contributed by atoms with Crippen LogP contribution in [0.15, 0.2) is 11.5 Å². The van der Waals surface area contributed by atoms with Crippen LogP contribution in [0.5, 0.6) is 0 Å². The standard InChI is InChI=1S/C10H19NPS/c1-12(13-2)8-5-10(9-12)11-6-3-4-7-11/h9H,3-8H2,1-2H3/q+1. The van der Waals surface area contributed by atoms with Crippen LogP contribution >= 0.6 is 17.8 Å². The zero-order chi connectivity index (χ0) is 9.31. The molecule has 1 nitrogen and oxygen atoms in total. The Morgan fingerprint density at radius 2 is 2.08 bits per heavy atom.